The number of nitrogens with one attached hydrogen (secondary N) is 1. The molecule has 3 aromatic rings. The Kier molecular flexibility index (Phi) is 6.46. The van der Waals surface area contributed by atoms with Gasteiger partial charge in [-0.3, -0.25) is 9.59 Å². The van der Waals surface area contributed by atoms with Crippen molar-refractivity contribution in [3.63, 3.8) is 0 Å². The number of piperazine rings is 1. The second-order valence-electron chi connectivity index (χ2n) is 9.91. The van der Waals surface area contributed by atoms with Crippen LogP contribution >= 0.6 is 0 Å². The molecule has 1 N–H and O–H groups in total. The van der Waals surface area contributed by atoms with Crippen LogP contribution < -0.4 is 5.32 Å². The Morgan fingerprint density at radius 1 is 0.971 bits per heavy atom. The Hall–Kier alpha value is -3.41. The van der Waals surface area contributed by atoms with Gasteiger partial charge in [-0.25, -0.2) is 4.68 Å². The number of hydrogen-bond donors (Lipinski definition) is 1. The molecular formula is C29H34N4O2. The molecule has 2 heterocycles. The summed E-state index contributed by atoms with van der Waals surface area (Å²) in [4.78, 5) is 29.4. The van der Waals surface area contributed by atoms with E-state index in [0.29, 0.717) is 6.54 Å². The molecule has 2 aliphatic rings. The average molecular weight is 471 g/mol. The number of para-hydroxylation sites is 1. The predicted molar refractivity (Wildman–Crippen MR) is 136 cm³/mol. The number of amides is 2. The van der Waals surface area contributed by atoms with Gasteiger partial charge in [-0.1, -0.05) is 69.2 Å². The van der Waals surface area contributed by atoms with Crippen LogP contribution in [0.15, 0.2) is 60.8 Å². The topological polar surface area (TPSA) is 67.2 Å². The van der Waals surface area contributed by atoms with Crippen molar-refractivity contribution in [3.8, 4) is 5.69 Å². The van der Waals surface area contributed by atoms with E-state index in [0.717, 1.165) is 42.6 Å². The van der Waals surface area contributed by atoms with Crippen molar-refractivity contribution in [3.05, 3.63) is 83.2 Å². The maximum atomic E-state index is 14.0. The number of carbonyl (C=O) groups excluding carboxylic acids is 2. The van der Waals surface area contributed by atoms with Crippen LogP contribution in [-0.4, -0.2) is 38.6 Å². The van der Waals surface area contributed by atoms with Gasteiger partial charge in [-0.05, 0) is 54.9 Å². The van der Waals surface area contributed by atoms with Crippen molar-refractivity contribution in [2.45, 2.75) is 65.1 Å². The van der Waals surface area contributed by atoms with E-state index in [1.165, 1.54) is 11.1 Å². The third-order valence-corrected chi connectivity index (χ3v) is 7.95. The number of fused-ring (bicyclic) bond motifs is 1. The first-order valence-electron chi connectivity index (χ1n) is 12.8. The first-order chi connectivity index (χ1) is 17.0. The SMILES string of the molecule is CCC(CC)[C@@H]1C(=O)N[C@H](C2Cc3ccccc3C2)C(=O)N1Cc1cnn(-c2ccccc2)c1C. The largest absolute Gasteiger partial charge is 0.342 e. The summed E-state index contributed by atoms with van der Waals surface area (Å²) in [6.45, 7) is 6.62. The zero-order valence-corrected chi connectivity index (χ0v) is 20.8. The third kappa shape index (κ3) is 4.26. The molecule has 1 aliphatic carbocycles. The van der Waals surface area contributed by atoms with E-state index >= 15 is 0 Å². The number of rotatable bonds is 7. The molecule has 182 valence electrons. The first kappa shape index (κ1) is 23.3. The molecule has 1 saturated heterocycles. The van der Waals surface area contributed by atoms with Gasteiger partial charge in [0, 0.05) is 17.8 Å². The highest BCUT2D eigenvalue weighted by molar-refractivity contribution is 5.97. The molecule has 0 bridgehead atoms. The molecule has 1 aliphatic heterocycles. The fourth-order valence-corrected chi connectivity index (χ4v) is 5.90. The molecule has 1 aromatic heterocycles. The minimum Gasteiger partial charge on any atom is -0.342 e. The fraction of sp³-hybridized carbons (Fsp3) is 0.414. The van der Waals surface area contributed by atoms with Gasteiger partial charge in [0.1, 0.15) is 12.1 Å². The van der Waals surface area contributed by atoms with Crippen molar-refractivity contribution in [2.75, 3.05) is 0 Å². The lowest BCUT2D eigenvalue weighted by atomic mass is 9.86. The van der Waals surface area contributed by atoms with Gasteiger partial charge in [0.15, 0.2) is 0 Å². The Morgan fingerprint density at radius 2 is 1.60 bits per heavy atom. The fourth-order valence-electron chi connectivity index (χ4n) is 5.90. The predicted octanol–water partition coefficient (Wildman–Crippen LogP) is 4.23. The minimum absolute atomic E-state index is 0.0210. The molecule has 2 atom stereocenters. The zero-order valence-electron chi connectivity index (χ0n) is 20.8. The summed E-state index contributed by atoms with van der Waals surface area (Å²) in [7, 11) is 0. The van der Waals surface area contributed by atoms with Crippen molar-refractivity contribution < 1.29 is 9.59 Å². The lowest BCUT2D eigenvalue weighted by Crippen LogP contribution is -2.66. The van der Waals surface area contributed by atoms with Crippen molar-refractivity contribution in [1.29, 1.82) is 0 Å². The normalized spacial score (nSPS) is 20.4. The molecule has 2 amide bonds. The smallest absolute Gasteiger partial charge is 0.246 e. The van der Waals surface area contributed by atoms with Crippen LogP contribution in [0, 0.1) is 18.8 Å². The van der Waals surface area contributed by atoms with Gasteiger partial charge < -0.3 is 10.2 Å². The van der Waals surface area contributed by atoms with E-state index in [9.17, 15) is 9.59 Å². The van der Waals surface area contributed by atoms with Crippen molar-refractivity contribution in [1.82, 2.24) is 20.0 Å². The van der Waals surface area contributed by atoms with Gasteiger partial charge in [0.25, 0.3) is 0 Å². The van der Waals surface area contributed by atoms with Crippen molar-refractivity contribution in [2.24, 2.45) is 11.8 Å². The maximum Gasteiger partial charge on any atom is 0.246 e. The Balaban J connectivity index is 1.45. The summed E-state index contributed by atoms with van der Waals surface area (Å²) in [5, 5.41) is 7.76. The highest BCUT2D eigenvalue weighted by Crippen LogP contribution is 2.33. The van der Waals surface area contributed by atoms with Gasteiger partial charge in [0.2, 0.25) is 11.8 Å². The highest BCUT2D eigenvalue weighted by Gasteiger charge is 2.47. The summed E-state index contributed by atoms with van der Waals surface area (Å²) in [5.74, 6) is 0.214. The highest BCUT2D eigenvalue weighted by atomic mass is 16.2. The Labute approximate surface area is 207 Å². The molecular weight excluding hydrogens is 436 g/mol. The maximum absolute atomic E-state index is 14.0. The van der Waals surface area contributed by atoms with Crippen LogP contribution in [0.25, 0.3) is 5.69 Å². The molecule has 5 rings (SSSR count). The second-order valence-corrected chi connectivity index (χ2v) is 9.91. The third-order valence-electron chi connectivity index (χ3n) is 7.95. The lowest BCUT2D eigenvalue weighted by molar-refractivity contribution is -0.154. The summed E-state index contributed by atoms with van der Waals surface area (Å²) in [6, 6.07) is 17.4. The molecule has 2 aromatic carbocycles. The van der Waals surface area contributed by atoms with Crippen molar-refractivity contribution >= 4 is 11.8 Å². The minimum atomic E-state index is -0.495. The van der Waals surface area contributed by atoms with Crippen LogP contribution in [0.5, 0.6) is 0 Å². The molecule has 1 fully saturated rings. The number of aromatic nitrogens is 2. The Bertz CT molecular complexity index is 1190. The van der Waals surface area contributed by atoms with Gasteiger partial charge in [-0.2, -0.15) is 5.10 Å². The van der Waals surface area contributed by atoms with E-state index in [4.69, 9.17) is 0 Å². The van der Waals surface area contributed by atoms with Crippen LogP contribution in [-0.2, 0) is 29.0 Å². The molecule has 0 radical (unpaired) electrons. The van der Waals surface area contributed by atoms with E-state index in [-0.39, 0.29) is 23.7 Å². The molecule has 6 heteroatoms. The number of nitrogens with zero attached hydrogens (tertiary/aromatic N) is 3. The summed E-state index contributed by atoms with van der Waals surface area (Å²) in [5.41, 5.74) is 5.52. The van der Waals surface area contributed by atoms with Gasteiger partial charge in [-0.15, -0.1) is 0 Å². The molecule has 0 unspecified atom stereocenters. The molecule has 6 nitrogen and oxygen atoms in total. The summed E-state index contributed by atoms with van der Waals surface area (Å²) < 4.78 is 1.90. The summed E-state index contributed by atoms with van der Waals surface area (Å²) in [6.07, 6.45) is 5.18. The zero-order chi connectivity index (χ0) is 24.5. The number of benzene rings is 2. The molecule has 0 spiro atoms. The first-order valence-corrected chi connectivity index (χ1v) is 12.8. The quantitative estimate of drug-likeness (QED) is 0.562. The standard InChI is InChI=1S/C29H34N4O2/c1-4-20(5-2)27-28(34)31-26(23-15-21-11-9-10-12-22(21)16-23)29(35)32(27)18-24-17-30-33(19(24)3)25-13-7-6-8-14-25/h6-14,17,20,23,26-27H,4-5,15-16,18H2,1-3H3,(H,31,34)/t26-,27-/m1/s1. The van der Waals surface area contributed by atoms with E-state index in [2.05, 4.69) is 36.4 Å². The van der Waals surface area contributed by atoms with E-state index < -0.39 is 12.1 Å². The second kappa shape index (κ2) is 9.68. The summed E-state index contributed by atoms with van der Waals surface area (Å²) >= 11 is 0. The van der Waals surface area contributed by atoms with Gasteiger partial charge >= 0.3 is 0 Å². The monoisotopic (exact) mass is 470 g/mol. The van der Waals surface area contributed by atoms with Crippen LogP contribution in [0.2, 0.25) is 0 Å². The lowest BCUT2D eigenvalue weighted by Gasteiger charge is -2.43. The van der Waals surface area contributed by atoms with Gasteiger partial charge in [0.05, 0.1) is 11.9 Å². The number of carbonyl (C=O) groups is 2. The van der Waals surface area contributed by atoms with E-state index in [1.807, 2.05) is 65.2 Å². The average Bonchev–Trinajstić information content (AvgIpc) is 3.47. The number of hydrogen-bond acceptors (Lipinski definition) is 3. The molecule has 35 heavy (non-hydrogen) atoms. The van der Waals surface area contributed by atoms with Crippen LogP contribution in [0.3, 0.4) is 0 Å². The van der Waals surface area contributed by atoms with Crippen LogP contribution in [0.4, 0.5) is 0 Å². The molecule has 0 saturated carbocycles. The Morgan fingerprint density at radius 3 is 2.23 bits per heavy atom. The van der Waals surface area contributed by atoms with Crippen LogP contribution in [0.1, 0.15) is 49.1 Å². The van der Waals surface area contributed by atoms with E-state index in [1.54, 1.807) is 0 Å².